The van der Waals surface area contributed by atoms with E-state index in [0.717, 1.165) is 47.5 Å². The Hall–Kier alpha value is -2.46. The van der Waals surface area contributed by atoms with Crippen LogP contribution in [0.5, 0.6) is 5.75 Å². The van der Waals surface area contributed by atoms with Crippen molar-refractivity contribution in [1.29, 1.82) is 0 Å². The lowest BCUT2D eigenvalue weighted by molar-refractivity contribution is 0.302. The first-order chi connectivity index (χ1) is 11.8. The molecular weight excluding hydrogens is 322 g/mol. The number of ether oxygens (including phenoxy) is 1. The third kappa shape index (κ3) is 2.85. The highest BCUT2D eigenvalue weighted by Gasteiger charge is 2.22. The number of rotatable bonds is 4. The fraction of sp³-hybridized carbons (Fsp3) is 0.211. The topological polar surface area (TPSA) is 47.9 Å². The van der Waals surface area contributed by atoms with Gasteiger partial charge in [-0.2, -0.15) is 0 Å². The van der Waals surface area contributed by atoms with Gasteiger partial charge in [0, 0.05) is 11.8 Å². The van der Waals surface area contributed by atoms with Crippen molar-refractivity contribution in [3.05, 3.63) is 70.6 Å². The maximum Gasteiger partial charge on any atom is 0.155 e. The Bertz CT molecular complexity index is 868. The van der Waals surface area contributed by atoms with Gasteiger partial charge < -0.3 is 4.74 Å². The summed E-state index contributed by atoms with van der Waals surface area (Å²) < 4.78 is 6.00. The second-order valence-electron chi connectivity index (χ2n) is 5.76. The Morgan fingerprint density at radius 2 is 1.79 bits per heavy atom. The van der Waals surface area contributed by atoms with Crippen molar-refractivity contribution in [3.63, 3.8) is 0 Å². The van der Waals surface area contributed by atoms with Crippen molar-refractivity contribution in [1.82, 2.24) is 15.2 Å². The van der Waals surface area contributed by atoms with Gasteiger partial charge in [0.15, 0.2) is 5.15 Å². The summed E-state index contributed by atoms with van der Waals surface area (Å²) in [6, 6.07) is 13.7. The number of hydrogen-bond acceptors (Lipinski definition) is 4. The second kappa shape index (κ2) is 6.57. The van der Waals surface area contributed by atoms with Gasteiger partial charge in [0.2, 0.25) is 0 Å². The first-order valence-electron chi connectivity index (χ1n) is 7.99. The molecule has 3 aromatic rings. The summed E-state index contributed by atoms with van der Waals surface area (Å²) in [5.41, 5.74) is 5.05. The molecule has 4 nitrogen and oxygen atoms in total. The van der Waals surface area contributed by atoms with Crippen LogP contribution in [0.2, 0.25) is 5.15 Å². The molecule has 0 amide bonds. The van der Waals surface area contributed by atoms with Gasteiger partial charge in [-0.25, -0.2) is 0 Å². The standard InChI is InChI=1S/C19H16ClN3O/c20-19-15-9-5-8-14(15)18(22-23-19)16-7-1-2-10-17(16)24-12-13-6-3-4-11-21-13/h1-4,6-7,10-11H,5,8-9,12H2. The SMILES string of the molecule is Clc1nnc(-c2ccccc2OCc2ccccn2)c2c1CCC2. The average Bonchev–Trinajstić information content (AvgIpc) is 3.12. The Morgan fingerprint density at radius 3 is 2.67 bits per heavy atom. The van der Waals surface area contributed by atoms with Crippen molar-refractivity contribution >= 4 is 11.6 Å². The van der Waals surface area contributed by atoms with Crippen LogP contribution in [0.4, 0.5) is 0 Å². The predicted molar refractivity (Wildman–Crippen MR) is 93.1 cm³/mol. The van der Waals surface area contributed by atoms with Crippen molar-refractivity contribution < 1.29 is 4.74 Å². The van der Waals surface area contributed by atoms with Gasteiger partial charge in [0.1, 0.15) is 18.1 Å². The van der Waals surface area contributed by atoms with Gasteiger partial charge in [-0.05, 0) is 54.7 Å². The van der Waals surface area contributed by atoms with E-state index in [1.807, 2.05) is 42.5 Å². The Balaban J connectivity index is 1.69. The summed E-state index contributed by atoms with van der Waals surface area (Å²) >= 11 is 6.20. The van der Waals surface area contributed by atoms with Crippen LogP contribution in [-0.2, 0) is 19.4 Å². The Labute approximate surface area is 145 Å². The van der Waals surface area contributed by atoms with Crippen molar-refractivity contribution in [2.24, 2.45) is 0 Å². The highest BCUT2D eigenvalue weighted by molar-refractivity contribution is 6.30. The first kappa shape index (κ1) is 15.1. The summed E-state index contributed by atoms with van der Waals surface area (Å²) in [5, 5.41) is 9.02. The van der Waals surface area contributed by atoms with Crippen LogP contribution >= 0.6 is 11.6 Å². The van der Waals surface area contributed by atoms with Gasteiger partial charge >= 0.3 is 0 Å². The monoisotopic (exact) mass is 337 g/mol. The summed E-state index contributed by atoms with van der Waals surface area (Å²) in [4.78, 5) is 4.30. The van der Waals surface area contributed by atoms with E-state index in [2.05, 4.69) is 15.2 Å². The maximum absolute atomic E-state index is 6.20. The van der Waals surface area contributed by atoms with E-state index in [0.29, 0.717) is 11.8 Å². The fourth-order valence-corrected chi connectivity index (χ4v) is 3.33. The zero-order chi connectivity index (χ0) is 16.4. The van der Waals surface area contributed by atoms with E-state index in [-0.39, 0.29) is 0 Å². The van der Waals surface area contributed by atoms with Crippen LogP contribution in [0, 0.1) is 0 Å². The Morgan fingerprint density at radius 1 is 0.958 bits per heavy atom. The summed E-state index contributed by atoms with van der Waals surface area (Å²) in [6.45, 7) is 0.418. The Kier molecular flexibility index (Phi) is 4.13. The van der Waals surface area contributed by atoms with Gasteiger partial charge in [-0.15, -0.1) is 10.2 Å². The van der Waals surface area contributed by atoms with E-state index in [1.54, 1.807) is 6.20 Å². The van der Waals surface area contributed by atoms with E-state index >= 15 is 0 Å². The normalized spacial score (nSPS) is 12.9. The molecule has 24 heavy (non-hydrogen) atoms. The molecule has 2 heterocycles. The lowest BCUT2D eigenvalue weighted by atomic mass is 10.0. The minimum absolute atomic E-state index is 0.418. The number of benzene rings is 1. The van der Waals surface area contributed by atoms with Crippen LogP contribution < -0.4 is 4.74 Å². The molecule has 0 saturated heterocycles. The van der Waals surface area contributed by atoms with Crippen LogP contribution in [0.3, 0.4) is 0 Å². The van der Waals surface area contributed by atoms with Crippen molar-refractivity contribution in [3.8, 4) is 17.0 Å². The molecule has 120 valence electrons. The molecule has 2 aromatic heterocycles. The number of para-hydroxylation sites is 1. The van der Waals surface area contributed by atoms with Crippen LogP contribution in [-0.4, -0.2) is 15.2 Å². The summed E-state index contributed by atoms with van der Waals surface area (Å²) in [6.07, 6.45) is 4.80. The minimum Gasteiger partial charge on any atom is -0.487 e. The maximum atomic E-state index is 6.20. The lowest BCUT2D eigenvalue weighted by Gasteiger charge is -2.13. The fourth-order valence-electron chi connectivity index (χ4n) is 3.09. The highest BCUT2D eigenvalue weighted by atomic mass is 35.5. The van der Waals surface area contributed by atoms with Crippen LogP contribution in [0.25, 0.3) is 11.3 Å². The van der Waals surface area contributed by atoms with Crippen molar-refractivity contribution in [2.75, 3.05) is 0 Å². The van der Waals surface area contributed by atoms with E-state index in [1.165, 1.54) is 5.56 Å². The number of aromatic nitrogens is 3. The molecule has 1 aliphatic rings. The second-order valence-corrected chi connectivity index (χ2v) is 6.11. The minimum atomic E-state index is 0.418. The third-order valence-corrected chi connectivity index (χ3v) is 4.54. The van der Waals surface area contributed by atoms with Crippen LogP contribution in [0.1, 0.15) is 23.2 Å². The lowest BCUT2D eigenvalue weighted by Crippen LogP contribution is -2.02. The molecule has 4 rings (SSSR count). The molecule has 0 unspecified atom stereocenters. The highest BCUT2D eigenvalue weighted by Crippen LogP contribution is 2.37. The quantitative estimate of drug-likeness (QED) is 0.713. The summed E-state index contributed by atoms with van der Waals surface area (Å²) in [5.74, 6) is 0.786. The number of nitrogens with zero attached hydrogens (tertiary/aromatic N) is 3. The molecule has 1 aromatic carbocycles. The molecule has 0 bridgehead atoms. The molecule has 1 aliphatic carbocycles. The summed E-state index contributed by atoms with van der Waals surface area (Å²) in [7, 11) is 0. The molecule has 0 radical (unpaired) electrons. The van der Waals surface area contributed by atoms with Gasteiger partial charge in [0.05, 0.1) is 5.69 Å². The molecule has 0 atom stereocenters. The molecule has 0 saturated carbocycles. The number of hydrogen-bond donors (Lipinski definition) is 0. The molecule has 5 heteroatoms. The molecular formula is C19H16ClN3O. The van der Waals surface area contributed by atoms with E-state index in [9.17, 15) is 0 Å². The van der Waals surface area contributed by atoms with E-state index in [4.69, 9.17) is 16.3 Å². The van der Waals surface area contributed by atoms with Gasteiger partial charge in [0.25, 0.3) is 0 Å². The average molecular weight is 338 g/mol. The zero-order valence-electron chi connectivity index (χ0n) is 13.1. The number of pyridine rings is 1. The smallest absolute Gasteiger partial charge is 0.155 e. The largest absolute Gasteiger partial charge is 0.487 e. The first-order valence-corrected chi connectivity index (χ1v) is 8.37. The molecule has 0 spiro atoms. The van der Waals surface area contributed by atoms with Gasteiger partial charge in [-0.1, -0.05) is 29.8 Å². The molecule has 0 N–H and O–H groups in total. The molecule has 0 aliphatic heterocycles. The number of fused-ring (bicyclic) bond motifs is 1. The van der Waals surface area contributed by atoms with Gasteiger partial charge in [-0.3, -0.25) is 4.98 Å². The van der Waals surface area contributed by atoms with E-state index < -0.39 is 0 Å². The van der Waals surface area contributed by atoms with Crippen molar-refractivity contribution in [2.45, 2.75) is 25.9 Å². The van der Waals surface area contributed by atoms with Crippen LogP contribution in [0.15, 0.2) is 48.7 Å². The predicted octanol–water partition coefficient (Wildman–Crippen LogP) is 4.26. The zero-order valence-corrected chi connectivity index (χ0v) is 13.8. The molecule has 0 fully saturated rings. The third-order valence-electron chi connectivity index (χ3n) is 4.23. The number of halogens is 1.